The molecule has 0 atom stereocenters. The highest BCUT2D eigenvalue weighted by Crippen LogP contribution is 2.21. The first-order chi connectivity index (χ1) is 4.99. The van der Waals surface area contributed by atoms with Gasteiger partial charge in [0.2, 0.25) is 0 Å². The topological polar surface area (TPSA) is 12.4 Å². The van der Waals surface area contributed by atoms with Crippen molar-refractivity contribution in [1.82, 2.24) is 0 Å². The minimum atomic E-state index is 0.109. The van der Waals surface area contributed by atoms with Gasteiger partial charge in [-0.2, -0.15) is 0 Å². The van der Waals surface area contributed by atoms with Crippen molar-refractivity contribution in [2.75, 3.05) is 0 Å². The van der Waals surface area contributed by atoms with Crippen LogP contribution in [0, 0.1) is 5.41 Å². The molecule has 0 unspecified atom stereocenters. The van der Waals surface area contributed by atoms with Gasteiger partial charge in [-0.15, -0.1) is 0 Å². The summed E-state index contributed by atoms with van der Waals surface area (Å²) in [5.41, 5.74) is 2.49. The number of hydrogen-bond donors (Lipinski definition) is 0. The molecule has 0 aromatic heterocycles. The minimum absolute atomic E-state index is 0.109. The van der Waals surface area contributed by atoms with E-state index in [1.807, 2.05) is 13.1 Å². The Labute approximate surface area is 68.5 Å². The van der Waals surface area contributed by atoms with Crippen LogP contribution in [0.1, 0.15) is 27.7 Å². The van der Waals surface area contributed by atoms with Gasteiger partial charge in [0.15, 0.2) is 0 Å². The fourth-order valence-corrected chi connectivity index (χ4v) is 1.30. The van der Waals surface area contributed by atoms with Crippen molar-refractivity contribution in [2.45, 2.75) is 27.7 Å². The Bertz CT molecular complexity index is 242. The van der Waals surface area contributed by atoms with E-state index in [9.17, 15) is 0 Å². The molecule has 0 N–H and O–H groups in total. The Balaban J connectivity index is 3.02. The van der Waals surface area contributed by atoms with E-state index in [0.717, 1.165) is 5.70 Å². The summed E-state index contributed by atoms with van der Waals surface area (Å²) in [4.78, 5) is 4.31. The molecule has 0 fully saturated rings. The van der Waals surface area contributed by atoms with E-state index in [1.165, 1.54) is 5.57 Å². The molecule has 0 aliphatic carbocycles. The van der Waals surface area contributed by atoms with Crippen LogP contribution < -0.4 is 0 Å². The van der Waals surface area contributed by atoms with Gasteiger partial charge in [0.25, 0.3) is 0 Å². The van der Waals surface area contributed by atoms with E-state index < -0.39 is 0 Å². The van der Waals surface area contributed by atoms with E-state index in [1.54, 1.807) is 0 Å². The molecule has 0 saturated carbocycles. The SMILES string of the molecule is CC1=CC(C)(C)C=NC(C)=C1. The zero-order valence-electron chi connectivity index (χ0n) is 7.68. The maximum absolute atomic E-state index is 4.31. The molecule has 0 amide bonds. The lowest BCUT2D eigenvalue weighted by Crippen LogP contribution is -2.08. The second-order valence-corrected chi connectivity index (χ2v) is 3.75. The van der Waals surface area contributed by atoms with E-state index >= 15 is 0 Å². The second kappa shape index (κ2) is 2.65. The van der Waals surface area contributed by atoms with Crippen LogP contribution in [0.2, 0.25) is 0 Å². The fraction of sp³-hybridized carbons (Fsp3) is 0.500. The largest absolute Gasteiger partial charge is 0.265 e. The molecule has 0 aromatic carbocycles. The third kappa shape index (κ3) is 2.34. The molecule has 11 heavy (non-hydrogen) atoms. The van der Waals surface area contributed by atoms with E-state index in [4.69, 9.17) is 0 Å². The summed E-state index contributed by atoms with van der Waals surface area (Å²) >= 11 is 0. The molecule has 1 heteroatoms. The van der Waals surface area contributed by atoms with Crippen LogP contribution in [0.25, 0.3) is 0 Å². The van der Waals surface area contributed by atoms with Gasteiger partial charge < -0.3 is 0 Å². The molecule has 0 spiro atoms. The molecule has 0 radical (unpaired) electrons. The highest BCUT2D eigenvalue weighted by atomic mass is 14.7. The number of aliphatic imine (C=N–C) groups is 1. The van der Waals surface area contributed by atoms with Crippen LogP contribution in [-0.4, -0.2) is 6.21 Å². The van der Waals surface area contributed by atoms with Gasteiger partial charge in [-0.05, 0) is 19.9 Å². The van der Waals surface area contributed by atoms with Gasteiger partial charge in [-0.25, -0.2) is 0 Å². The standard InChI is InChI=1S/C10H15N/c1-8-5-9(2)11-7-10(3,4)6-8/h5-7H,1-4H3. The summed E-state index contributed by atoms with van der Waals surface area (Å²) in [6.45, 7) is 8.45. The van der Waals surface area contributed by atoms with Gasteiger partial charge in [-0.1, -0.05) is 25.5 Å². The van der Waals surface area contributed by atoms with Gasteiger partial charge in [0.1, 0.15) is 0 Å². The molecule has 1 nitrogen and oxygen atoms in total. The Morgan fingerprint density at radius 3 is 2.55 bits per heavy atom. The first-order valence-electron chi connectivity index (χ1n) is 3.93. The monoisotopic (exact) mass is 149 g/mol. The average molecular weight is 149 g/mol. The molecular weight excluding hydrogens is 134 g/mol. The number of allylic oxidation sites excluding steroid dienone is 4. The Morgan fingerprint density at radius 1 is 1.27 bits per heavy atom. The summed E-state index contributed by atoms with van der Waals surface area (Å²) in [6.07, 6.45) is 6.33. The van der Waals surface area contributed by atoms with Crippen LogP contribution in [0.3, 0.4) is 0 Å². The van der Waals surface area contributed by atoms with Crippen molar-refractivity contribution in [3.8, 4) is 0 Å². The molecule has 1 aliphatic rings. The summed E-state index contributed by atoms with van der Waals surface area (Å²) < 4.78 is 0. The summed E-state index contributed by atoms with van der Waals surface area (Å²) in [5.74, 6) is 0. The minimum Gasteiger partial charge on any atom is -0.265 e. The third-order valence-electron chi connectivity index (χ3n) is 1.64. The van der Waals surface area contributed by atoms with Crippen molar-refractivity contribution in [2.24, 2.45) is 10.4 Å². The number of hydrogen-bond acceptors (Lipinski definition) is 1. The maximum Gasteiger partial charge on any atom is 0.0371 e. The summed E-state index contributed by atoms with van der Waals surface area (Å²) in [7, 11) is 0. The highest BCUT2D eigenvalue weighted by Gasteiger charge is 2.12. The van der Waals surface area contributed by atoms with E-state index in [0.29, 0.717) is 0 Å². The molecule has 0 saturated heterocycles. The second-order valence-electron chi connectivity index (χ2n) is 3.75. The number of rotatable bonds is 0. The van der Waals surface area contributed by atoms with E-state index in [2.05, 4.69) is 37.9 Å². The van der Waals surface area contributed by atoms with Crippen molar-refractivity contribution < 1.29 is 0 Å². The molecular formula is C10H15N. The normalized spacial score (nSPS) is 22.2. The predicted molar refractivity (Wildman–Crippen MR) is 49.8 cm³/mol. The molecule has 60 valence electrons. The van der Waals surface area contributed by atoms with Crippen molar-refractivity contribution in [1.29, 1.82) is 0 Å². The third-order valence-corrected chi connectivity index (χ3v) is 1.64. The van der Waals surface area contributed by atoms with Gasteiger partial charge in [-0.3, -0.25) is 4.99 Å². The van der Waals surface area contributed by atoms with Crippen LogP contribution in [0.5, 0.6) is 0 Å². The molecule has 1 rings (SSSR count). The quantitative estimate of drug-likeness (QED) is 0.502. The van der Waals surface area contributed by atoms with Crippen LogP contribution in [-0.2, 0) is 0 Å². The zero-order chi connectivity index (χ0) is 8.48. The Hall–Kier alpha value is -0.850. The average Bonchev–Trinajstić information content (AvgIpc) is 1.90. The highest BCUT2D eigenvalue weighted by molar-refractivity contribution is 5.70. The molecule has 0 bridgehead atoms. The van der Waals surface area contributed by atoms with Crippen molar-refractivity contribution in [3.05, 3.63) is 23.4 Å². The Morgan fingerprint density at radius 2 is 1.91 bits per heavy atom. The smallest absolute Gasteiger partial charge is 0.0371 e. The first-order valence-corrected chi connectivity index (χ1v) is 3.93. The fourth-order valence-electron chi connectivity index (χ4n) is 1.30. The molecule has 1 aliphatic heterocycles. The van der Waals surface area contributed by atoms with Crippen LogP contribution >= 0.6 is 0 Å². The van der Waals surface area contributed by atoms with Gasteiger partial charge in [0, 0.05) is 17.3 Å². The lowest BCUT2D eigenvalue weighted by molar-refractivity contribution is 0.690. The lowest BCUT2D eigenvalue weighted by Gasteiger charge is -2.12. The summed E-state index contributed by atoms with van der Waals surface area (Å²) in [5, 5.41) is 0. The first kappa shape index (κ1) is 8.25. The van der Waals surface area contributed by atoms with E-state index in [-0.39, 0.29) is 5.41 Å². The summed E-state index contributed by atoms with van der Waals surface area (Å²) in [6, 6.07) is 0. The Kier molecular flexibility index (Phi) is 1.99. The number of nitrogens with zero attached hydrogens (tertiary/aromatic N) is 1. The zero-order valence-corrected chi connectivity index (χ0v) is 7.68. The predicted octanol–water partition coefficient (Wildman–Crippen LogP) is 2.95. The van der Waals surface area contributed by atoms with Crippen molar-refractivity contribution >= 4 is 6.21 Å². The van der Waals surface area contributed by atoms with Gasteiger partial charge in [0.05, 0.1) is 0 Å². The van der Waals surface area contributed by atoms with Crippen LogP contribution in [0.4, 0.5) is 0 Å². The maximum atomic E-state index is 4.31. The van der Waals surface area contributed by atoms with Crippen LogP contribution in [0.15, 0.2) is 28.4 Å². The van der Waals surface area contributed by atoms with Gasteiger partial charge >= 0.3 is 0 Å². The van der Waals surface area contributed by atoms with Crippen molar-refractivity contribution in [3.63, 3.8) is 0 Å². The lowest BCUT2D eigenvalue weighted by atomic mass is 9.93. The molecule has 1 heterocycles. The molecule has 0 aromatic rings.